The van der Waals surface area contributed by atoms with Crippen LogP contribution in [0.15, 0.2) is 41.4 Å². The van der Waals surface area contributed by atoms with Crippen molar-refractivity contribution in [3.63, 3.8) is 0 Å². The molecule has 0 aromatic heterocycles. The molecular formula is C13H9Cl2FN2. The van der Waals surface area contributed by atoms with E-state index in [1.165, 1.54) is 18.3 Å². The van der Waals surface area contributed by atoms with Crippen molar-refractivity contribution in [1.82, 2.24) is 0 Å². The molecular weight excluding hydrogens is 274 g/mol. The summed E-state index contributed by atoms with van der Waals surface area (Å²) in [5.41, 5.74) is 7.15. The molecule has 0 unspecified atom stereocenters. The molecule has 0 aliphatic heterocycles. The molecule has 0 atom stereocenters. The molecule has 0 heterocycles. The van der Waals surface area contributed by atoms with E-state index in [0.717, 1.165) is 0 Å². The Balaban J connectivity index is 2.29. The van der Waals surface area contributed by atoms with Crippen molar-refractivity contribution in [1.29, 1.82) is 0 Å². The van der Waals surface area contributed by atoms with Crippen molar-refractivity contribution in [2.45, 2.75) is 0 Å². The fourth-order valence-corrected chi connectivity index (χ4v) is 1.86. The van der Waals surface area contributed by atoms with Gasteiger partial charge < -0.3 is 5.73 Å². The highest BCUT2D eigenvalue weighted by molar-refractivity contribution is 6.39. The van der Waals surface area contributed by atoms with Crippen LogP contribution >= 0.6 is 23.2 Å². The summed E-state index contributed by atoms with van der Waals surface area (Å²) >= 11 is 11.8. The molecule has 0 saturated heterocycles. The fraction of sp³-hybridized carbons (Fsp3) is 0. The van der Waals surface area contributed by atoms with E-state index in [0.29, 0.717) is 27.0 Å². The lowest BCUT2D eigenvalue weighted by atomic mass is 10.2. The molecule has 0 fully saturated rings. The van der Waals surface area contributed by atoms with Crippen LogP contribution in [0.1, 0.15) is 5.56 Å². The smallest absolute Gasteiger partial charge is 0.123 e. The zero-order chi connectivity index (χ0) is 13.1. The predicted molar refractivity (Wildman–Crippen MR) is 74.5 cm³/mol. The highest BCUT2D eigenvalue weighted by atomic mass is 35.5. The van der Waals surface area contributed by atoms with Crippen LogP contribution in [-0.2, 0) is 0 Å². The Bertz CT molecular complexity index is 589. The quantitative estimate of drug-likeness (QED) is 0.641. The lowest BCUT2D eigenvalue weighted by molar-refractivity contribution is 0.627. The second-order valence-electron chi connectivity index (χ2n) is 3.64. The average Bonchev–Trinajstić information content (AvgIpc) is 2.33. The van der Waals surface area contributed by atoms with Crippen LogP contribution in [0.2, 0.25) is 10.0 Å². The Hall–Kier alpha value is -1.58. The number of anilines is 1. The first kappa shape index (κ1) is 12.9. The van der Waals surface area contributed by atoms with Gasteiger partial charge in [0.25, 0.3) is 0 Å². The molecule has 18 heavy (non-hydrogen) atoms. The summed E-state index contributed by atoms with van der Waals surface area (Å²) in [7, 11) is 0. The van der Waals surface area contributed by atoms with E-state index in [1.54, 1.807) is 24.3 Å². The van der Waals surface area contributed by atoms with Crippen molar-refractivity contribution >= 4 is 40.8 Å². The maximum absolute atomic E-state index is 13.0. The molecule has 2 aromatic carbocycles. The normalized spacial score (nSPS) is 11.1. The molecule has 0 radical (unpaired) electrons. The fourth-order valence-electron chi connectivity index (χ4n) is 1.38. The molecule has 2 N–H and O–H groups in total. The van der Waals surface area contributed by atoms with E-state index in [2.05, 4.69) is 4.99 Å². The van der Waals surface area contributed by atoms with E-state index in [4.69, 9.17) is 28.9 Å². The number of hydrogen-bond donors (Lipinski definition) is 1. The van der Waals surface area contributed by atoms with Crippen molar-refractivity contribution < 1.29 is 4.39 Å². The van der Waals surface area contributed by atoms with Crippen molar-refractivity contribution in [2.24, 2.45) is 4.99 Å². The Morgan fingerprint density at radius 2 is 1.78 bits per heavy atom. The van der Waals surface area contributed by atoms with Crippen molar-refractivity contribution in [2.75, 3.05) is 5.73 Å². The van der Waals surface area contributed by atoms with Crippen molar-refractivity contribution in [3.05, 3.63) is 57.8 Å². The maximum atomic E-state index is 13.0. The summed E-state index contributed by atoms with van der Waals surface area (Å²) in [6, 6.07) is 9.29. The summed E-state index contributed by atoms with van der Waals surface area (Å²) in [6.45, 7) is 0. The van der Waals surface area contributed by atoms with Gasteiger partial charge in [0.2, 0.25) is 0 Å². The van der Waals surface area contributed by atoms with Gasteiger partial charge in [0, 0.05) is 6.21 Å². The summed E-state index contributed by atoms with van der Waals surface area (Å²) in [6.07, 6.45) is 1.53. The molecule has 2 aromatic rings. The molecule has 92 valence electrons. The lowest BCUT2D eigenvalue weighted by Gasteiger charge is -2.02. The number of aliphatic imine (C=N–C) groups is 1. The van der Waals surface area contributed by atoms with Gasteiger partial charge in [-0.3, -0.25) is 4.99 Å². The summed E-state index contributed by atoms with van der Waals surface area (Å²) in [5.74, 6) is -0.313. The number of hydrogen-bond acceptors (Lipinski definition) is 2. The molecule has 0 aliphatic carbocycles. The van der Waals surface area contributed by atoms with Gasteiger partial charge in [0.05, 0.1) is 21.4 Å². The molecule has 0 bridgehead atoms. The van der Waals surface area contributed by atoms with Crippen LogP contribution < -0.4 is 5.73 Å². The minimum Gasteiger partial charge on any atom is -0.396 e. The van der Waals surface area contributed by atoms with Gasteiger partial charge in [0.15, 0.2) is 0 Å². The van der Waals surface area contributed by atoms with E-state index in [1.807, 2.05) is 0 Å². The minimum atomic E-state index is -0.313. The first-order valence-electron chi connectivity index (χ1n) is 5.10. The topological polar surface area (TPSA) is 38.4 Å². The summed E-state index contributed by atoms with van der Waals surface area (Å²) in [5, 5.41) is 0.683. The highest BCUT2D eigenvalue weighted by Gasteiger charge is 2.03. The molecule has 0 amide bonds. The summed E-state index contributed by atoms with van der Waals surface area (Å²) in [4.78, 5) is 4.16. The minimum absolute atomic E-state index is 0.313. The van der Waals surface area contributed by atoms with Crippen LogP contribution in [0, 0.1) is 5.82 Å². The molecule has 0 aliphatic rings. The van der Waals surface area contributed by atoms with Crippen LogP contribution in [0.4, 0.5) is 15.8 Å². The number of nitrogens with two attached hydrogens (primary N) is 1. The standard InChI is InChI=1S/C13H9Cl2FN2/c14-11-5-10(6-12(15)13(11)17)18-7-8-2-1-3-9(16)4-8/h1-7H,17H2. The first-order valence-corrected chi connectivity index (χ1v) is 5.86. The highest BCUT2D eigenvalue weighted by Crippen LogP contribution is 2.32. The Morgan fingerprint density at radius 3 is 2.39 bits per heavy atom. The molecule has 2 nitrogen and oxygen atoms in total. The Kier molecular flexibility index (Phi) is 3.84. The molecule has 0 spiro atoms. The molecule has 0 saturated carbocycles. The number of rotatable bonds is 2. The number of nitrogen functional groups attached to an aromatic ring is 1. The number of benzene rings is 2. The van der Waals surface area contributed by atoms with Crippen LogP contribution in [0.5, 0.6) is 0 Å². The van der Waals surface area contributed by atoms with Gasteiger partial charge in [-0.05, 0) is 29.8 Å². The second-order valence-corrected chi connectivity index (χ2v) is 4.45. The van der Waals surface area contributed by atoms with E-state index in [9.17, 15) is 4.39 Å². The third-order valence-corrected chi connectivity index (χ3v) is 2.90. The van der Waals surface area contributed by atoms with Gasteiger partial charge >= 0.3 is 0 Å². The summed E-state index contributed by atoms with van der Waals surface area (Å²) < 4.78 is 13.0. The van der Waals surface area contributed by atoms with Gasteiger partial charge in [-0.1, -0.05) is 35.3 Å². The second kappa shape index (κ2) is 5.38. The zero-order valence-corrected chi connectivity index (χ0v) is 10.7. The van der Waals surface area contributed by atoms with E-state index < -0.39 is 0 Å². The lowest BCUT2D eigenvalue weighted by Crippen LogP contribution is -1.87. The van der Waals surface area contributed by atoms with Gasteiger partial charge in [0.1, 0.15) is 5.82 Å². The maximum Gasteiger partial charge on any atom is 0.123 e. The van der Waals surface area contributed by atoms with Crippen LogP contribution in [-0.4, -0.2) is 6.21 Å². The zero-order valence-electron chi connectivity index (χ0n) is 9.20. The van der Waals surface area contributed by atoms with E-state index in [-0.39, 0.29) is 5.82 Å². The van der Waals surface area contributed by atoms with Gasteiger partial charge in [-0.2, -0.15) is 0 Å². The predicted octanol–water partition coefficient (Wildman–Crippen LogP) is 4.47. The largest absolute Gasteiger partial charge is 0.396 e. The van der Waals surface area contributed by atoms with Gasteiger partial charge in [-0.25, -0.2) is 4.39 Å². The van der Waals surface area contributed by atoms with Crippen LogP contribution in [0.3, 0.4) is 0 Å². The van der Waals surface area contributed by atoms with Gasteiger partial charge in [-0.15, -0.1) is 0 Å². The Morgan fingerprint density at radius 1 is 1.11 bits per heavy atom. The SMILES string of the molecule is Nc1c(Cl)cc(N=Cc2cccc(F)c2)cc1Cl. The van der Waals surface area contributed by atoms with Crippen molar-refractivity contribution in [3.8, 4) is 0 Å². The third kappa shape index (κ3) is 3.00. The average molecular weight is 283 g/mol. The molecule has 2 rings (SSSR count). The van der Waals surface area contributed by atoms with Crippen LogP contribution in [0.25, 0.3) is 0 Å². The van der Waals surface area contributed by atoms with E-state index >= 15 is 0 Å². The number of nitrogens with zero attached hydrogens (tertiary/aromatic N) is 1. The number of halogens is 3. The monoisotopic (exact) mass is 282 g/mol. The first-order chi connectivity index (χ1) is 8.56. The third-order valence-electron chi connectivity index (χ3n) is 2.28. The Labute approximate surface area is 114 Å². The molecule has 5 heteroatoms.